The molecule has 0 fully saturated rings. The highest BCUT2D eigenvalue weighted by molar-refractivity contribution is 8.00. The third-order valence-electron chi connectivity index (χ3n) is 4.54. The summed E-state index contributed by atoms with van der Waals surface area (Å²) in [6.07, 6.45) is 3.15. The summed E-state index contributed by atoms with van der Waals surface area (Å²) < 4.78 is 20.8. The number of nitrogens with one attached hydrogen (secondary N) is 1. The lowest BCUT2D eigenvalue weighted by atomic mass is 10.2. The van der Waals surface area contributed by atoms with Crippen LogP contribution in [0.1, 0.15) is 6.92 Å². The Balaban J connectivity index is 1.67. The summed E-state index contributed by atoms with van der Waals surface area (Å²) in [5.41, 5.74) is 0.553. The zero-order valence-electron chi connectivity index (χ0n) is 16.5. The van der Waals surface area contributed by atoms with Gasteiger partial charge in [0.15, 0.2) is 5.16 Å². The van der Waals surface area contributed by atoms with Crippen LogP contribution in [0.4, 0.5) is 10.1 Å². The number of nitrogens with zero attached hydrogens (tertiary/aromatic N) is 2. The fourth-order valence-electron chi connectivity index (χ4n) is 3.01. The Labute approximate surface area is 185 Å². The smallest absolute Gasteiger partial charge is 0.263 e. The number of furan rings is 1. The van der Waals surface area contributed by atoms with Crippen LogP contribution in [0.2, 0.25) is 0 Å². The van der Waals surface area contributed by atoms with Gasteiger partial charge in [-0.25, -0.2) is 9.37 Å². The first-order chi connectivity index (χ1) is 15.0. The lowest BCUT2D eigenvalue weighted by Gasteiger charge is -2.15. The average molecular weight is 456 g/mol. The molecular weight excluding hydrogens is 437 g/mol. The van der Waals surface area contributed by atoms with Gasteiger partial charge < -0.3 is 9.73 Å². The highest BCUT2D eigenvalue weighted by atomic mass is 32.2. The second-order valence-electron chi connectivity index (χ2n) is 6.63. The first-order valence-corrected chi connectivity index (χ1v) is 11.1. The number of halogens is 1. The molecule has 1 aromatic carbocycles. The number of fused-ring (bicyclic) bond motifs is 1. The van der Waals surface area contributed by atoms with E-state index >= 15 is 0 Å². The molecule has 1 unspecified atom stereocenters. The summed E-state index contributed by atoms with van der Waals surface area (Å²) in [5.74, 6) is -0.314. The van der Waals surface area contributed by atoms with E-state index in [9.17, 15) is 14.0 Å². The quantitative estimate of drug-likeness (QED) is 0.237. The highest BCUT2D eigenvalue weighted by Crippen LogP contribution is 2.33. The Morgan fingerprint density at radius 1 is 1.39 bits per heavy atom. The first kappa shape index (κ1) is 21.1. The molecule has 0 spiro atoms. The van der Waals surface area contributed by atoms with Gasteiger partial charge in [-0.15, -0.1) is 17.9 Å². The number of rotatable bonds is 7. The third-order valence-corrected chi connectivity index (χ3v) is 6.50. The van der Waals surface area contributed by atoms with Crippen LogP contribution in [0.15, 0.2) is 75.1 Å². The van der Waals surface area contributed by atoms with E-state index in [2.05, 4.69) is 16.9 Å². The standard InChI is InChI=1S/C22H18FN3O3S2/c1-3-10-26-21(28)18-14(17-9-6-11-29-17)12-30-20(18)25-22(26)31-13(2)19(27)24-16-8-5-4-7-15(16)23/h3-9,11-13H,1,10H2,2H3,(H,24,27). The maximum atomic E-state index is 13.9. The van der Waals surface area contributed by atoms with Gasteiger partial charge in [0.25, 0.3) is 5.56 Å². The van der Waals surface area contributed by atoms with Gasteiger partial charge in [0.1, 0.15) is 16.4 Å². The average Bonchev–Trinajstić information content (AvgIpc) is 3.42. The van der Waals surface area contributed by atoms with E-state index in [0.29, 0.717) is 26.7 Å². The van der Waals surface area contributed by atoms with Gasteiger partial charge in [-0.3, -0.25) is 14.2 Å². The number of amides is 1. The van der Waals surface area contributed by atoms with Crippen molar-refractivity contribution >= 4 is 44.9 Å². The van der Waals surface area contributed by atoms with Crippen molar-refractivity contribution in [3.63, 3.8) is 0 Å². The Morgan fingerprint density at radius 2 is 2.19 bits per heavy atom. The summed E-state index contributed by atoms with van der Waals surface area (Å²) >= 11 is 2.47. The first-order valence-electron chi connectivity index (χ1n) is 9.38. The lowest BCUT2D eigenvalue weighted by molar-refractivity contribution is -0.115. The van der Waals surface area contributed by atoms with Gasteiger partial charge in [0.05, 0.1) is 22.6 Å². The molecule has 6 nitrogen and oxygen atoms in total. The van der Waals surface area contributed by atoms with Crippen molar-refractivity contribution in [1.82, 2.24) is 9.55 Å². The minimum Gasteiger partial charge on any atom is -0.464 e. The van der Waals surface area contributed by atoms with E-state index in [4.69, 9.17) is 4.42 Å². The normalized spacial score (nSPS) is 12.1. The third kappa shape index (κ3) is 4.19. The summed E-state index contributed by atoms with van der Waals surface area (Å²) in [7, 11) is 0. The molecule has 4 aromatic rings. The van der Waals surface area contributed by atoms with Crippen molar-refractivity contribution in [1.29, 1.82) is 0 Å². The van der Waals surface area contributed by atoms with Crippen LogP contribution < -0.4 is 10.9 Å². The summed E-state index contributed by atoms with van der Waals surface area (Å²) in [6.45, 7) is 5.64. The molecule has 31 heavy (non-hydrogen) atoms. The molecule has 0 aliphatic carbocycles. The summed E-state index contributed by atoms with van der Waals surface area (Å²) in [6, 6.07) is 9.50. The van der Waals surface area contributed by atoms with Crippen LogP contribution in [-0.4, -0.2) is 20.7 Å². The molecule has 158 valence electrons. The molecule has 0 saturated carbocycles. The van der Waals surface area contributed by atoms with Crippen molar-refractivity contribution in [2.24, 2.45) is 0 Å². The number of hydrogen-bond acceptors (Lipinski definition) is 6. The lowest BCUT2D eigenvalue weighted by Crippen LogP contribution is -2.27. The molecule has 1 atom stereocenters. The van der Waals surface area contributed by atoms with Crippen LogP contribution >= 0.6 is 23.1 Å². The predicted molar refractivity (Wildman–Crippen MR) is 122 cm³/mol. The Morgan fingerprint density at radius 3 is 2.90 bits per heavy atom. The zero-order valence-corrected chi connectivity index (χ0v) is 18.1. The number of benzene rings is 1. The van der Waals surface area contributed by atoms with Gasteiger partial charge in [0, 0.05) is 17.5 Å². The van der Waals surface area contributed by atoms with Crippen LogP contribution in [0, 0.1) is 5.82 Å². The zero-order chi connectivity index (χ0) is 22.0. The van der Waals surface area contributed by atoms with Crippen molar-refractivity contribution in [2.45, 2.75) is 23.9 Å². The van der Waals surface area contributed by atoms with Crippen LogP contribution in [0.5, 0.6) is 0 Å². The molecular formula is C22H18FN3O3S2. The SMILES string of the molecule is C=CCn1c(SC(C)C(=O)Nc2ccccc2F)nc2scc(-c3ccco3)c2c1=O. The van der Waals surface area contributed by atoms with Crippen molar-refractivity contribution in [3.05, 3.63) is 76.9 Å². The fourth-order valence-corrected chi connectivity index (χ4v) is 4.89. The monoisotopic (exact) mass is 455 g/mol. The highest BCUT2D eigenvalue weighted by Gasteiger charge is 2.22. The molecule has 1 amide bonds. The molecule has 4 rings (SSSR count). The van der Waals surface area contributed by atoms with Crippen LogP contribution in [0.25, 0.3) is 21.5 Å². The predicted octanol–water partition coefficient (Wildman–Crippen LogP) is 5.16. The molecule has 0 saturated heterocycles. The minimum absolute atomic E-state index is 0.105. The Kier molecular flexibility index (Phi) is 6.06. The summed E-state index contributed by atoms with van der Waals surface area (Å²) in [4.78, 5) is 31.1. The van der Waals surface area contributed by atoms with Gasteiger partial charge >= 0.3 is 0 Å². The maximum Gasteiger partial charge on any atom is 0.263 e. The number of thioether (sulfide) groups is 1. The molecule has 3 heterocycles. The number of carbonyl (C=O) groups is 1. The molecule has 0 aliphatic heterocycles. The van der Waals surface area contributed by atoms with E-state index in [0.717, 1.165) is 11.8 Å². The maximum absolute atomic E-state index is 13.9. The van der Waals surface area contributed by atoms with Crippen LogP contribution in [-0.2, 0) is 11.3 Å². The number of aromatic nitrogens is 2. The van der Waals surface area contributed by atoms with Gasteiger partial charge in [0.2, 0.25) is 5.91 Å². The largest absolute Gasteiger partial charge is 0.464 e. The molecule has 9 heteroatoms. The number of anilines is 1. The molecule has 0 aliphatic rings. The van der Waals surface area contributed by atoms with Crippen molar-refractivity contribution in [3.8, 4) is 11.3 Å². The van der Waals surface area contributed by atoms with Gasteiger partial charge in [-0.1, -0.05) is 30.0 Å². The fraction of sp³-hybridized carbons (Fsp3) is 0.136. The van der Waals surface area contributed by atoms with Crippen LogP contribution in [0.3, 0.4) is 0 Å². The number of hydrogen-bond donors (Lipinski definition) is 1. The number of thiophene rings is 1. The molecule has 1 N–H and O–H groups in total. The molecule has 0 bridgehead atoms. The number of allylic oxidation sites excluding steroid dienone is 1. The van der Waals surface area contributed by atoms with Crippen molar-refractivity contribution < 1.29 is 13.6 Å². The molecule has 3 aromatic heterocycles. The second kappa shape index (κ2) is 8.91. The van der Waals surface area contributed by atoms with E-state index in [1.807, 2.05) is 5.38 Å². The number of para-hydroxylation sites is 1. The summed E-state index contributed by atoms with van der Waals surface area (Å²) in [5, 5.41) is 4.65. The van der Waals surface area contributed by atoms with Gasteiger partial charge in [-0.2, -0.15) is 0 Å². The topological polar surface area (TPSA) is 77.1 Å². The van der Waals surface area contributed by atoms with Gasteiger partial charge in [-0.05, 0) is 31.2 Å². The van der Waals surface area contributed by atoms with E-state index in [1.165, 1.54) is 28.0 Å². The number of carbonyl (C=O) groups excluding carboxylic acids is 1. The van der Waals surface area contributed by atoms with E-state index in [-0.39, 0.29) is 17.8 Å². The second-order valence-corrected chi connectivity index (χ2v) is 8.80. The minimum atomic E-state index is -0.621. The Bertz CT molecular complexity index is 1310. The Hall–Kier alpha value is -3.17. The van der Waals surface area contributed by atoms with Crippen molar-refractivity contribution in [2.75, 3.05) is 5.32 Å². The molecule has 0 radical (unpaired) electrons. The van der Waals surface area contributed by atoms with E-state index < -0.39 is 17.0 Å². The van der Waals surface area contributed by atoms with E-state index in [1.54, 1.807) is 43.5 Å².